The Labute approximate surface area is 320 Å². The van der Waals surface area contributed by atoms with Gasteiger partial charge in [-0.2, -0.15) is 0 Å². The highest BCUT2D eigenvalue weighted by Crippen LogP contribution is 2.40. The molecule has 0 spiro atoms. The average molecular weight is 716 g/mol. The molecule has 12 rings (SSSR count). The Morgan fingerprint density at radius 2 is 0.821 bits per heavy atom. The van der Waals surface area contributed by atoms with Gasteiger partial charge in [0.25, 0.3) is 0 Å². The van der Waals surface area contributed by atoms with Crippen molar-refractivity contribution in [3.05, 3.63) is 176 Å². The van der Waals surface area contributed by atoms with E-state index in [1.807, 2.05) is 24.3 Å². The van der Waals surface area contributed by atoms with Crippen molar-refractivity contribution in [3.8, 4) is 45.3 Å². The number of rotatable bonds is 4. The van der Waals surface area contributed by atoms with Crippen LogP contribution in [0.3, 0.4) is 0 Å². The zero-order chi connectivity index (χ0) is 36.7. The van der Waals surface area contributed by atoms with Gasteiger partial charge in [0, 0.05) is 38.2 Å². The lowest BCUT2D eigenvalue weighted by Crippen LogP contribution is -2.00. The molecule has 0 radical (unpaired) electrons. The highest BCUT2D eigenvalue weighted by molar-refractivity contribution is 6.19. The third-order valence-electron chi connectivity index (χ3n) is 11.1. The summed E-state index contributed by atoms with van der Waals surface area (Å²) in [5, 5.41) is 11.1. The molecule has 3 heterocycles. The fourth-order valence-corrected chi connectivity index (χ4v) is 8.33. The molecule has 0 N–H and O–H groups in total. The Bertz CT molecular complexity index is 3560. The maximum atomic E-state index is 6.58. The van der Waals surface area contributed by atoms with Gasteiger partial charge in [-0.05, 0) is 92.0 Å². The van der Waals surface area contributed by atoms with E-state index in [0.29, 0.717) is 17.5 Å². The van der Waals surface area contributed by atoms with Crippen molar-refractivity contribution in [2.45, 2.75) is 0 Å². The molecule has 56 heavy (non-hydrogen) atoms. The molecule has 0 amide bonds. The smallest absolute Gasteiger partial charge is 0.164 e. The molecule has 0 saturated carbocycles. The van der Waals surface area contributed by atoms with Crippen LogP contribution in [0.5, 0.6) is 0 Å². The van der Waals surface area contributed by atoms with Crippen molar-refractivity contribution < 1.29 is 8.83 Å². The highest BCUT2D eigenvalue weighted by atomic mass is 16.3. The molecule has 5 heteroatoms. The normalized spacial score (nSPS) is 11.9. The molecule has 9 aromatic carbocycles. The molecular weight excluding hydrogens is 687 g/mol. The zero-order valence-corrected chi connectivity index (χ0v) is 29.9. The molecule has 0 atom stereocenters. The SMILES string of the molecule is c1ccc2cc(-c3ccc4c(c3)oc3cccc(-c5nc(-c6ccc7ccccc7c6)nc(-c6ccc7ccc8oc9ccccc9c8c7c6)n5)c34)ccc2c1. The number of furan rings is 2. The molecule has 260 valence electrons. The second-order valence-corrected chi connectivity index (χ2v) is 14.4. The number of hydrogen-bond donors (Lipinski definition) is 0. The van der Waals surface area contributed by atoms with Crippen molar-refractivity contribution in [3.63, 3.8) is 0 Å². The van der Waals surface area contributed by atoms with E-state index in [4.69, 9.17) is 23.8 Å². The van der Waals surface area contributed by atoms with Crippen LogP contribution in [0.25, 0.3) is 121 Å². The minimum Gasteiger partial charge on any atom is -0.456 e. The first-order valence-electron chi connectivity index (χ1n) is 18.7. The minimum absolute atomic E-state index is 0.581. The van der Waals surface area contributed by atoms with Gasteiger partial charge in [-0.1, -0.05) is 127 Å². The lowest BCUT2D eigenvalue weighted by atomic mass is 9.99. The summed E-state index contributed by atoms with van der Waals surface area (Å²) < 4.78 is 12.8. The Kier molecular flexibility index (Phi) is 6.56. The van der Waals surface area contributed by atoms with Gasteiger partial charge in [0.05, 0.1) is 0 Å². The molecule has 3 aromatic heterocycles. The van der Waals surface area contributed by atoms with Crippen LogP contribution in [0.1, 0.15) is 0 Å². The summed E-state index contributed by atoms with van der Waals surface area (Å²) in [6.45, 7) is 0. The van der Waals surface area contributed by atoms with Gasteiger partial charge in [-0.3, -0.25) is 0 Å². The Hall–Kier alpha value is -7.63. The third-order valence-corrected chi connectivity index (χ3v) is 11.1. The maximum absolute atomic E-state index is 6.58. The Morgan fingerprint density at radius 3 is 1.62 bits per heavy atom. The standard InChI is InChI=1S/C51H29N3O2/c1-3-10-33-26-35(19-16-30(33)8-1)36-22-24-40-46(29-36)56-44-15-7-13-41(47(40)44)51-53-49(37-20-17-31-9-2-4-11-34(31)27-37)52-50(54-51)38-21-18-32-23-25-45-48(42(32)28-38)39-12-5-6-14-43(39)55-45/h1-29H. The molecule has 0 unspecified atom stereocenters. The second kappa shape index (κ2) is 11.9. The largest absolute Gasteiger partial charge is 0.456 e. The van der Waals surface area contributed by atoms with E-state index in [-0.39, 0.29) is 0 Å². The summed E-state index contributed by atoms with van der Waals surface area (Å²) in [6, 6.07) is 61.1. The van der Waals surface area contributed by atoms with Crippen LogP contribution in [0.2, 0.25) is 0 Å². The fraction of sp³-hybridized carbons (Fsp3) is 0. The molecule has 0 aliphatic carbocycles. The van der Waals surface area contributed by atoms with Crippen molar-refractivity contribution in [1.82, 2.24) is 15.0 Å². The van der Waals surface area contributed by atoms with E-state index in [1.54, 1.807) is 0 Å². The number of fused-ring (bicyclic) bond motifs is 10. The molecule has 0 aliphatic heterocycles. The summed E-state index contributed by atoms with van der Waals surface area (Å²) in [7, 11) is 0. The number of aromatic nitrogens is 3. The first kappa shape index (κ1) is 30.8. The van der Waals surface area contributed by atoms with Crippen LogP contribution >= 0.6 is 0 Å². The van der Waals surface area contributed by atoms with E-state index in [0.717, 1.165) is 93.2 Å². The van der Waals surface area contributed by atoms with Gasteiger partial charge >= 0.3 is 0 Å². The van der Waals surface area contributed by atoms with Crippen LogP contribution in [0.15, 0.2) is 185 Å². The number of benzene rings is 9. The van der Waals surface area contributed by atoms with E-state index in [1.165, 1.54) is 10.8 Å². The van der Waals surface area contributed by atoms with Crippen LogP contribution in [0.4, 0.5) is 0 Å². The zero-order valence-electron chi connectivity index (χ0n) is 29.9. The summed E-state index contributed by atoms with van der Waals surface area (Å²) in [4.78, 5) is 15.6. The van der Waals surface area contributed by atoms with Crippen molar-refractivity contribution in [2.24, 2.45) is 0 Å². The predicted octanol–water partition coefficient (Wildman–Crippen LogP) is 13.8. The van der Waals surface area contributed by atoms with Crippen LogP contribution < -0.4 is 0 Å². The second-order valence-electron chi connectivity index (χ2n) is 14.4. The van der Waals surface area contributed by atoms with E-state index >= 15 is 0 Å². The van der Waals surface area contributed by atoms with E-state index < -0.39 is 0 Å². The van der Waals surface area contributed by atoms with Gasteiger partial charge < -0.3 is 8.83 Å². The predicted molar refractivity (Wildman–Crippen MR) is 229 cm³/mol. The molecular formula is C51H29N3O2. The van der Waals surface area contributed by atoms with Gasteiger partial charge in [-0.15, -0.1) is 0 Å². The molecule has 5 nitrogen and oxygen atoms in total. The number of hydrogen-bond acceptors (Lipinski definition) is 5. The Balaban J connectivity index is 1.07. The maximum Gasteiger partial charge on any atom is 0.164 e. The fourth-order valence-electron chi connectivity index (χ4n) is 8.33. The molecule has 0 fully saturated rings. The molecule has 0 bridgehead atoms. The first-order chi connectivity index (χ1) is 27.7. The molecule has 12 aromatic rings. The number of nitrogens with zero attached hydrogens (tertiary/aromatic N) is 3. The summed E-state index contributed by atoms with van der Waals surface area (Å²) in [5.41, 5.74) is 8.25. The molecule has 0 aliphatic rings. The number of para-hydroxylation sites is 1. The van der Waals surface area contributed by atoms with Gasteiger partial charge in [0.15, 0.2) is 17.5 Å². The highest BCUT2D eigenvalue weighted by Gasteiger charge is 2.19. The Morgan fingerprint density at radius 1 is 0.286 bits per heavy atom. The quantitative estimate of drug-likeness (QED) is 0.181. The van der Waals surface area contributed by atoms with Crippen LogP contribution in [0, 0.1) is 0 Å². The van der Waals surface area contributed by atoms with Gasteiger partial charge in [0.1, 0.15) is 22.3 Å². The van der Waals surface area contributed by atoms with Crippen molar-refractivity contribution in [1.29, 1.82) is 0 Å². The topological polar surface area (TPSA) is 65.0 Å². The summed E-state index contributed by atoms with van der Waals surface area (Å²) in [5.74, 6) is 1.77. The van der Waals surface area contributed by atoms with E-state index in [2.05, 4.69) is 152 Å². The van der Waals surface area contributed by atoms with Crippen LogP contribution in [-0.2, 0) is 0 Å². The lowest BCUT2D eigenvalue weighted by molar-refractivity contribution is 0.669. The monoisotopic (exact) mass is 715 g/mol. The summed E-state index contributed by atoms with van der Waals surface area (Å²) in [6.07, 6.45) is 0. The first-order valence-corrected chi connectivity index (χ1v) is 18.7. The average Bonchev–Trinajstić information content (AvgIpc) is 3.84. The molecule has 0 saturated heterocycles. The third kappa shape index (κ3) is 4.84. The summed E-state index contributed by atoms with van der Waals surface area (Å²) >= 11 is 0. The van der Waals surface area contributed by atoms with E-state index in [9.17, 15) is 0 Å². The van der Waals surface area contributed by atoms with Gasteiger partial charge in [0.2, 0.25) is 0 Å². The van der Waals surface area contributed by atoms with Crippen molar-refractivity contribution >= 4 is 76.2 Å². The van der Waals surface area contributed by atoms with Gasteiger partial charge in [-0.25, -0.2) is 15.0 Å². The van der Waals surface area contributed by atoms with Crippen molar-refractivity contribution in [2.75, 3.05) is 0 Å². The minimum atomic E-state index is 0.581. The van der Waals surface area contributed by atoms with Crippen LogP contribution in [-0.4, -0.2) is 15.0 Å². The lowest BCUT2D eigenvalue weighted by Gasteiger charge is -2.11.